The number of hydrogen-bond donors (Lipinski definition) is 2. The van der Waals surface area contributed by atoms with E-state index in [1.54, 1.807) is 16.8 Å². The summed E-state index contributed by atoms with van der Waals surface area (Å²) in [6, 6.07) is 17.9. The highest BCUT2D eigenvalue weighted by Crippen LogP contribution is 2.36. The Morgan fingerprint density at radius 1 is 1.06 bits per heavy atom. The van der Waals surface area contributed by atoms with Crippen molar-refractivity contribution in [3.05, 3.63) is 99.9 Å². The van der Waals surface area contributed by atoms with Gasteiger partial charge in [0.2, 0.25) is 5.95 Å². The van der Waals surface area contributed by atoms with Crippen LogP contribution in [0.1, 0.15) is 27.7 Å². The number of anilines is 2. The third kappa shape index (κ3) is 4.23. The molecule has 1 atom stereocenters. The van der Waals surface area contributed by atoms with Gasteiger partial charge in [-0.05, 0) is 47.5 Å². The topological polar surface area (TPSA) is 85.0 Å². The lowest BCUT2D eigenvalue weighted by Crippen LogP contribution is -2.20. The predicted octanol–water partition coefficient (Wildman–Crippen LogP) is 5.91. The van der Waals surface area contributed by atoms with Gasteiger partial charge >= 0.3 is 0 Å². The lowest BCUT2D eigenvalue weighted by Gasteiger charge is -2.24. The second-order valence-electron chi connectivity index (χ2n) is 6.81. The SMILES string of the molecule is Cl.O=C(Nc1nc2n(n1)C(c1ccccc1Cl)C=C(c1ccc(Cl)cc1)N2)c1ccco1. The Labute approximate surface area is 199 Å². The lowest BCUT2D eigenvalue weighted by molar-refractivity contribution is 0.0996. The minimum atomic E-state index is -0.437. The Bertz CT molecular complexity index is 1280. The number of rotatable bonds is 4. The highest BCUT2D eigenvalue weighted by atomic mass is 35.5. The average molecular weight is 489 g/mol. The minimum absolute atomic E-state index is 0. The first-order valence-corrected chi connectivity index (χ1v) is 10.1. The second-order valence-corrected chi connectivity index (χ2v) is 7.66. The summed E-state index contributed by atoms with van der Waals surface area (Å²) in [7, 11) is 0. The molecule has 10 heteroatoms. The molecule has 32 heavy (non-hydrogen) atoms. The maximum absolute atomic E-state index is 12.4. The quantitative estimate of drug-likeness (QED) is 0.373. The van der Waals surface area contributed by atoms with Crippen LogP contribution < -0.4 is 10.6 Å². The van der Waals surface area contributed by atoms with E-state index >= 15 is 0 Å². The van der Waals surface area contributed by atoms with Gasteiger partial charge in [-0.15, -0.1) is 17.5 Å². The zero-order valence-electron chi connectivity index (χ0n) is 16.3. The first-order chi connectivity index (χ1) is 15.1. The molecule has 1 aliphatic heterocycles. The Hall–Kier alpha value is -3.26. The summed E-state index contributed by atoms with van der Waals surface area (Å²) in [5, 5.41) is 11.7. The van der Waals surface area contributed by atoms with E-state index in [-0.39, 0.29) is 30.2 Å². The molecule has 2 aromatic carbocycles. The van der Waals surface area contributed by atoms with E-state index in [1.807, 2.05) is 54.6 Å². The molecule has 3 heterocycles. The maximum atomic E-state index is 12.4. The van der Waals surface area contributed by atoms with Gasteiger partial charge in [-0.3, -0.25) is 10.1 Å². The molecule has 4 aromatic rings. The van der Waals surface area contributed by atoms with Gasteiger partial charge in [0.25, 0.3) is 11.9 Å². The van der Waals surface area contributed by atoms with Crippen LogP contribution >= 0.6 is 35.6 Å². The van der Waals surface area contributed by atoms with Crippen LogP contribution in [0.2, 0.25) is 10.0 Å². The number of carbonyl (C=O) groups excluding carboxylic acids is 1. The highest BCUT2D eigenvalue weighted by molar-refractivity contribution is 6.31. The first kappa shape index (κ1) is 22.0. The molecular formula is C22H16Cl3N5O2. The van der Waals surface area contributed by atoms with Crippen molar-refractivity contribution in [2.45, 2.75) is 6.04 Å². The molecule has 0 fully saturated rings. The highest BCUT2D eigenvalue weighted by Gasteiger charge is 2.27. The van der Waals surface area contributed by atoms with Crippen LogP contribution in [0, 0.1) is 0 Å². The zero-order valence-corrected chi connectivity index (χ0v) is 18.7. The van der Waals surface area contributed by atoms with Gasteiger partial charge in [-0.25, -0.2) is 4.68 Å². The van der Waals surface area contributed by atoms with Crippen molar-refractivity contribution in [3.8, 4) is 0 Å². The third-order valence-corrected chi connectivity index (χ3v) is 5.41. The summed E-state index contributed by atoms with van der Waals surface area (Å²) in [6.07, 6.45) is 3.43. The van der Waals surface area contributed by atoms with Gasteiger partial charge in [-0.2, -0.15) is 4.98 Å². The van der Waals surface area contributed by atoms with Gasteiger partial charge in [-0.1, -0.05) is 53.5 Å². The second kappa shape index (κ2) is 9.08. The molecule has 2 N–H and O–H groups in total. The molecule has 7 nitrogen and oxygen atoms in total. The fourth-order valence-electron chi connectivity index (χ4n) is 3.35. The van der Waals surface area contributed by atoms with Crippen molar-refractivity contribution in [2.24, 2.45) is 0 Å². The number of aromatic nitrogens is 3. The van der Waals surface area contributed by atoms with E-state index in [2.05, 4.69) is 20.7 Å². The summed E-state index contributed by atoms with van der Waals surface area (Å²) in [6.45, 7) is 0. The van der Waals surface area contributed by atoms with E-state index in [9.17, 15) is 4.79 Å². The van der Waals surface area contributed by atoms with Gasteiger partial charge in [0.05, 0.1) is 6.26 Å². The Kier molecular flexibility index (Phi) is 6.23. The molecule has 0 radical (unpaired) electrons. The van der Waals surface area contributed by atoms with Gasteiger partial charge < -0.3 is 9.73 Å². The monoisotopic (exact) mass is 487 g/mol. The van der Waals surface area contributed by atoms with E-state index in [0.29, 0.717) is 16.0 Å². The fraction of sp³-hybridized carbons (Fsp3) is 0.0455. The fourth-order valence-corrected chi connectivity index (χ4v) is 3.72. The Balaban J connectivity index is 0.00000245. The standard InChI is InChI=1S/C22H15Cl2N5O2.ClH/c23-14-9-7-13(8-10-14)17-12-18(15-4-1-2-5-16(15)24)29-22(25-17)27-21(28-29)26-20(30)19-6-3-11-31-19;/h1-12,18H,(H2,25,26,27,28,30);1H. The Morgan fingerprint density at radius 3 is 2.56 bits per heavy atom. The summed E-state index contributed by atoms with van der Waals surface area (Å²) in [5.41, 5.74) is 2.61. The van der Waals surface area contributed by atoms with Gasteiger partial charge in [0, 0.05) is 15.7 Å². The summed E-state index contributed by atoms with van der Waals surface area (Å²) in [4.78, 5) is 16.8. The number of halogens is 3. The molecule has 1 unspecified atom stereocenters. The lowest BCUT2D eigenvalue weighted by atomic mass is 10.0. The van der Waals surface area contributed by atoms with E-state index in [0.717, 1.165) is 16.8 Å². The van der Waals surface area contributed by atoms with E-state index in [1.165, 1.54) is 6.26 Å². The van der Waals surface area contributed by atoms with Crippen molar-refractivity contribution in [1.29, 1.82) is 0 Å². The minimum Gasteiger partial charge on any atom is -0.459 e. The van der Waals surface area contributed by atoms with E-state index in [4.69, 9.17) is 27.6 Å². The molecule has 0 saturated carbocycles. The summed E-state index contributed by atoms with van der Waals surface area (Å²) >= 11 is 12.5. The number of allylic oxidation sites excluding steroid dienone is 1. The summed E-state index contributed by atoms with van der Waals surface area (Å²) in [5.74, 6) is 0.343. The molecule has 2 aromatic heterocycles. The molecule has 5 rings (SSSR count). The van der Waals surface area contributed by atoms with Crippen LogP contribution in [-0.4, -0.2) is 20.7 Å². The number of nitrogens with zero attached hydrogens (tertiary/aromatic N) is 3. The number of fused-ring (bicyclic) bond motifs is 1. The number of nitrogens with one attached hydrogen (secondary N) is 2. The van der Waals surface area contributed by atoms with Crippen molar-refractivity contribution < 1.29 is 9.21 Å². The van der Waals surface area contributed by atoms with Crippen molar-refractivity contribution >= 4 is 59.1 Å². The maximum Gasteiger partial charge on any atom is 0.293 e. The molecule has 0 spiro atoms. The predicted molar refractivity (Wildman–Crippen MR) is 127 cm³/mol. The summed E-state index contributed by atoms with van der Waals surface area (Å²) < 4.78 is 6.81. The molecule has 0 aliphatic carbocycles. The third-order valence-electron chi connectivity index (χ3n) is 4.82. The number of benzene rings is 2. The molecule has 1 amide bonds. The molecular weight excluding hydrogens is 473 g/mol. The normalized spacial score (nSPS) is 14.6. The van der Waals surface area contributed by atoms with Crippen LogP contribution in [0.5, 0.6) is 0 Å². The number of furan rings is 1. The van der Waals surface area contributed by atoms with Crippen molar-refractivity contribution in [1.82, 2.24) is 14.8 Å². The van der Waals surface area contributed by atoms with Crippen molar-refractivity contribution in [3.63, 3.8) is 0 Å². The Morgan fingerprint density at radius 2 is 1.84 bits per heavy atom. The first-order valence-electron chi connectivity index (χ1n) is 9.39. The van der Waals surface area contributed by atoms with Crippen LogP contribution in [-0.2, 0) is 0 Å². The molecule has 0 bridgehead atoms. The van der Waals surface area contributed by atoms with Crippen LogP contribution in [0.4, 0.5) is 11.9 Å². The molecule has 162 valence electrons. The van der Waals surface area contributed by atoms with Crippen LogP contribution in [0.3, 0.4) is 0 Å². The van der Waals surface area contributed by atoms with Crippen LogP contribution in [0.25, 0.3) is 5.70 Å². The number of amides is 1. The van der Waals surface area contributed by atoms with Gasteiger partial charge in [0.1, 0.15) is 6.04 Å². The average Bonchev–Trinajstić information content (AvgIpc) is 3.44. The largest absolute Gasteiger partial charge is 0.459 e. The number of carbonyl (C=O) groups is 1. The smallest absolute Gasteiger partial charge is 0.293 e. The van der Waals surface area contributed by atoms with Gasteiger partial charge in [0.15, 0.2) is 5.76 Å². The van der Waals surface area contributed by atoms with Crippen molar-refractivity contribution in [2.75, 3.05) is 10.6 Å². The molecule has 0 saturated heterocycles. The zero-order chi connectivity index (χ0) is 21.4. The van der Waals surface area contributed by atoms with E-state index < -0.39 is 5.91 Å². The molecule has 1 aliphatic rings. The number of hydrogen-bond acceptors (Lipinski definition) is 5. The van der Waals surface area contributed by atoms with Crippen LogP contribution in [0.15, 0.2) is 77.4 Å².